The molecule has 0 saturated heterocycles. The molecular weight excluding hydrogens is 572 g/mol. The van der Waals surface area contributed by atoms with Crippen LogP contribution in [0.2, 0.25) is 18.1 Å². The van der Waals surface area contributed by atoms with Gasteiger partial charge in [-0.2, -0.15) is 0 Å². The molecule has 0 aliphatic carbocycles. The van der Waals surface area contributed by atoms with Crippen LogP contribution < -0.4 is 10.1 Å². The van der Waals surface area contributed by atoms with Gasteiger partial charge in [0.05, 0.1) is 6.54 Å². The van der Waals surface area contributed by atoms with Crippen LogP contribution in [0.5, 0.6) is 5.75 Å². The van der Waals surface area contributed by atoms with E-state index in [2.05, 4.69) is 44.2 Å². The number of carbonyl (C=O) groups excluding carboxylic acids is 2. The highest BCUT2D eigenvalue weighted by atomic mass is 28.4. The molecule has 0 radical (unpaired) electrons. The van der Waals surface area contributed by atoms with Crippen LogP contribution in [0, 0.1) is 10.1 Å². The summed E-state index contributed by atoms with van der Waals surface area (Å²) in [5.41, 5.74) is -0.205. The molecule has 1 heterocycles. The number of alkyl carbamates (subject to hydrolysis) is 1. The van der Waals surface area contributed by atoms with Crippen molar-refractivity contribution in [2.24, 2.45) is 0 Å². The summed E-state index contributed by atoms with van der Waals surface area (Å²) in [4.78, 5) is 40.1. The van der Waals surface area contributed by atoms with Crippen molar-refractivity contribution in [3.05, 3.63) is 40.6 Å². The fourth-order valence-corrected chi connectivity index (χ4v) is 4.78. The van der Waals surface area contributed by atoms with E-state index in [-0.39, 0.29) is 30.7 Å². The Bertz CT molecular complexity index is 1250. The second kappa shape index (κ2) is 13.9. The third-order valence-electron chi connectivity index (χ3n) is 6.63. The van der Waals surface area contributed by atoms with Crippen LogP contribution in [0.1, 0.15) is 68.7 Å². The average Bonchev–Trinajstić information content (AvgIpc) is 3.26. The van der Waals surface area contributed by atoms with Crippen molar-refractivity contribution in [3.8, 4) is 17.0 Å². The van der Waals surface area contributed by atoms with Gasteiger partial charge in [-0.3, -0.25) is 0 Å². The van der Waals surface area contributed by atoms with Crippen LogP contribution in [0.4, 0.5) is 10.7 Å². The molecule has 0 aliphatic heterocycles. The summed E-state index contributed by atoms with van der Waals surface area (Å²) in [7, 11) is -2.31. The fraction of sp³-hybridized carbons (Fsp3) is 0.633. The molecule has 0 aliphatic rings. The summed E-state index contributed by atoms with van der Waals surface area (Å²) in [5.74, 6) is -0.276. The maximum atomic E-state index is 13.0. The first-order chi connectivity index (χ1) is 19.6. The number of aryl methyl sites for hydroxylation is 1. The summed E-state index contributed by atoms with van der Waals surface area (Å²) in [5, 5.41) is 14.2. The molecule has 0 fully saturated rings. The molecule has 240 valence electrons. The molecule has 2 rings (SSSR count). The monoisotopic (exact) mass is 620 g/mol. The molecule has 0 spiro atoms. The summed E-state index contributed by atoms with van der Waals surface area (Å²) in [6, 6.07) is 6.91. The van der Waals surface area contributed by atoms with Gasteiger partial charge in [0.2, 0.25) is 0 Å². The lowest BCUT2D eigenvalue weighted by Gasteiger charge is -2.39. The number of carbonyl (C=O) groups is 2. The van der Waals surface area contributed by atoms with E-state index in [0.717, 1.165) is 0 Å². The molecule has 1 unspecified atom stereocenters. The number of hydrogen-bond donors (Lipinski definition) is 1. The van der Waals surface area contributed by atoms with E-state index in [1.807, 2.05) is 0 Å². The zero-order chi connectivity index (χ0) is 32.8. The zero-order valence-corrected chi connectivity index (χ0v) is 28.4. The van der Waals surface area contributed by atoms with Gasteiger partial charge in [-0.1, -0.05) is 25.8 Å². The van der Waals surface area contributed by atoms with Crippen molar-refractivity contribution < 1.29 is 33.1 Å². The molecule has 1 aromatic carbocycles. The minimum atomic E-state index is -2.31. The molecule has 43 heavy (non-hydrogen) atoms. The number of ether oxygens (including phenoxy) is 3. The van der Waals surface area contributed by atoms with E-state index < -0.39 is 42.6 Å². The van der Waals surface area contributed by atoms with Gasteiger partial charge >= 0.3 is 18.0 Å². The number of benzene rings is 1. The van der Waals surface area contributed by atoms with Gasteiger partial charge in [-0.05, 0) is 95.3 Å². The molecule has 0 saturated carbocycles. The summed E-state index contributed by atoms with van der Waals surface area (Å²) < 4.78 is 24.6. The van der Waals surface area contributed by atoms with Gasteiger partial charge in [0.15, 0.2) is 20.1 Å². The summed E-state index contributed by atoms with van der Waals surface area (Å²) in [6.07, 6.45) is 0.605. The summed E-state index contributed by atoms with van der Waals surface area (Å²) in [6.45, 7) is 21.7. The molecule has 1 N–H and O–H groups in total. The predicted octanol–water partition coefficient (Wildman–Crippen LogP) is 6.48. The quantitative estimate of drug-likeness (QED) is 0.0926. The number of esters is 1. The fourth-order valence-electron chi connectivity index (χ4n) is 3.55. The van der Waals surface area contributed by atoms with Crippen LogP contribution in [0.3, 0.4) is 0 Å². The number of rotatable bonds is 12. The number of nitrogens with zero attached hydrogens (tertiary/aromatic N) is 3. The highest BCUT2D eigenvalue weighted by molar-refractivity contribution is 6.74. The van der Waals surface area contributed by atoms with Crippen LogP contribution in [-0.4, -0.2) is 65.3 Å². The van der Waals surface area contributed by atoms with E-state index >= 15 is 0 Å². The smallest absolute Gasteiger partial charge is 0.435 e. The van der Waals surface area contributed by atoms with Crippen LogP contribution in [-0.2, 0) is 25.2 Å². The first kappa shape index (κ1) is 35.7. The predicted molar refractivity (Wildman–Crippen MR) is 167 cm³/mol. The van der Waals surface area contributed by atoms with Gasteiger partial charge in [0, 0.05) is 12.1 Å². The third-order valence-corrected chi connectivity index (χ3v) is 11.1. The van der Waals surface area contributed by atoms with Gasteiger partial charge < -0.3 is 34.1 Å². The highest BCUT2D eigenvalue weighted by Gasteiger charge is 2.42. The molecule has 12 nitrogen and oxygen atoms in total. The van der Waals surface area contributed by atoms with Crippen molar-refractivity contribution in [3.63, 3.8) is 0 Å². The Kier molecular flexibility index (Phi) is 11.5. The largest absolute Gasteiger partial charge is 0.490 e. The van der Waals surface area contributed by atoms with Crippen molar-refractivity contribution in [1.29, 1.82) is 0 Å². The SMILES string of the molecule is CC(C)(C)OC(=O)NCCCn1cc(-c2ccc(OCC(O[Si](C)(C)C(C)(C)C)C(=O)OC(C)(C)C)cc2)nc1[N+](=O)[O-]. The normalized spacial score (nSPS) is 13.3. The van der Waals surface area contributed by atoms with E-state index in [1.54, 1.807) is 72.0 Å². The Hall–Kier alpha value is -3.45. The minimum Gasteiger partial charge on any atom is -0.490 e. The number of amides is 1. The standard InChI is InChI=1S/C30H48N4O8Si/c1-28(2,3)40-25(35)24(42-43(10,11)30(7,8)9)20-39-22-15-13-21(14-16-22)23-19-33(26(32-23)34(37)38)18-12-17-31-27(36)41-29(4,5)6/h13-16,19,24H,12,17-18,20H2,1-11H3,(H,31,36). The number of nitro groups is 1. The van der Waals surface area contributed by atoms with Crippen molar-refractivity contribution in [2.45, 2.75) is 111 Å². The number of imidazole rings is 1. The highest BCUT2D eigenvalue weighted by Crippen LogP contribution is 2.37. The molecule has 0 bridgehead atoms. The lowest BCUT2D eigenvalue weighted by Crippen LogP contribution is -2.49. The van der Waals surface area contributed by atoms with Gasteiger partial charge in [0.1, 0.15) is 29.8 Å². The van der Waals surface area contributed by atoms with Crippen molar-refractivity contribution in [1.82, 2.24) is 14.9 Å². The van der Waals surface area contributed by atoms with Gasteiger partial charge in [-0.25, -0.2) is 14.2 Å². The molecule has 1 aromatic heterocycles. The Morgan fingerprint density at radius 1 is 1.00 bits per heavy atom. The molecule has 1 amide bonds. The average molecular weight is 621 g/mol. The zero-order valence-electron chi connectivity index (χ0n) is 27.4. The second-order valence-electron chi connectivity index (χ2n) is 13.9. The Morgan fingerprint density at radius 3 is 2.09 bits per heavy atom. The molecular formula is C30H48N4O8Si. The third kappa shape index (κ3) is 11.6. The molecule has 1 atom stereocenters. The Morgan fingerprint density at radius 2 is 1.58 bits per heavy atom. The van der Waals surface area contributed by atoms with Crippen molar-refractivity contribution in [2.75, 3.05) is 13.2 Å². The van der Waals surface area contributed by atoms with Crippen LogP contribution in [0.15, 0.2) is 30.5 Å². The van der Waals surface area contributed by atoms with E-state index in [0.29, 0.717) is 23.4 Å². The Balaban J connectivity index is 2.11. The first-order valence-electron chi connectivity index (χ1n) is 14.4. The van der Waals surface area contributed by atoms with E-state index in [4.69, 9.17) is 18.6 Å². The topological polar surface area (TPSA) is 144 Å². The number of hydrogen-bond acceptors (Lipinski definition) is 9. The second-order valence-corrected chi connectivity index (χ2v) is 18.7. The first-order valence-corrected chi connectivity index (χ1v) is 17.3. The minimum absolute atomic E-state index is 0.0296. The van der Waals surface area contributed by atoms with Gasteiger partial charge in [0.25, 0.3) is 0 Å². The van der Waals surface area contributed by atoms with Crippen LogP contribution >= 0.6 is 0 Å². The molecule has 13 heteroatoms. The maximum Gasteiger partial charge on any atom is 0.435 e. The van der Waals surface area contributed by atoms with E-state index in [9.17, 15) is 19.7 Å². The van der Waals surface area contributed by atoms with Gasteiger partial charge in [-0.15, -0.1) is 0 Å². The van der Waals surface area contributed by atoms with E-state index in [1.165, 1.54) is 4.57 Å². The van der Waals surface area contributed by atoms with Crippen LogP contribution in [0.25, 0.3) is 11.3 Å². The Labute approximate surface area is 255 Å². The number of aromatic nitrogens is 2. The number of nitrogens with one attached hydrogen (secondary N) is 1. The maximum absolute atomic E-state index is 13.0. The molecule has 2 aromatic rings. The lowest BCUT2D eigenvalue weighted by atomic mass is 10.1. The lowest BCUT2D eigenvalue weighted by molar-refractivity contribution is -0.396. The van der Waals surface area contributed by atoms with Crippen molar-refractivity contribution >= 4 is 26.3 Å². The summed E-state index contributed by atoms with van der Waals surface area (Å²) >= 11 is 0.